The molecule has 0 unspecified atom stereocenters. The van der Waals surface area contributed by atoms with Gasteiger partial charge in [-0.15, -0.1) is 0 Å². The van der Waals surface area contributed by atoms with E-state index < -0.39 is 0 Å². The van der Waals surface area contributed by atoms with Crippen molar-refractivity contribution in [2.24, 2.45) is 5.73 Å². The Balaban J connectivity index is 2.21. The Bertz CT molecular complexity index is 744. The van der Waals surface area contributed by atoms with Crippen molar-refractivity contribution in [1.29, 1.82) is 0 Å². The number of anilines is 2. The Morgan fingerprint density at radius 3 is 2.16 bits per heavy atom. The zero-order valence-corrected chi connectivity index (χ0v) is 14.2. The highest BCUT2D eigenvalue weighted by Crippen LogP contribution is 2.28. The quantitative estimate of drug-likeness (QED) is 0.715. The van der Waals surface area contributed by atoms with Crippen LogP contribution in [0.3, 0.4) is 0 Å². The molecule has 2 amide bonds. The maximum atomic E-state index is 12.4. The average molecular weight is 343 g/mol. The molecule has 0 fully saturated rings. The minimum Gasteiger partial charge on any atom is -0.497 e. The van der Waals surface area contributed by atoms with Crippen LogP contribution < -0.4 is 25.8 Å². The van der Waals surface area contributed by atoms with E-state index in [1.807, 2.05) is 0 Å². The Kier molecular flexibility index (Phi) is 6.36. The first-order valence-corrected chi connectivity index (χ1v) is 7.70. The molecule has 0 bridgehead atoms. The van der Waals surface area contributed by atoms with Crippen LogP contribution in [0.15, 0.2) is 42.5 Å². The van der Waals surface area contributed by atoms with Crippen LogP contribution in [-0.4, -0.2) is 32.6 Å². The van der Waals surface area contributed by atoms with Gasteiger partial charge in [-0.1, -0.05) is 0 Å². The fraction of sp³-hybridized carbons (Fsp3) is 0.222. The smallest absolute Gasteiger partial charge is 0.255 e. The summed E-state index contributed by atoms with van der Waals surface area (Å²) in [5, 5.41) is 5.51. The molecule has 2 aromatic rings. The number of nitrogens with two attached hydrogens (primary N) is 1. The number of hydrogen-bond acceptors (Lipinski definition) is 5. The van der Waals surface area contributed by atoms with Gasteiger partial charge in [-0.2, -0.15) is 0 Å². The molecule has 0 aromatic heterocycles. The first-order valence-electron chi connectivity index (χ1n) is 7.70. The summed E-state index contributed by atoms with van der Waals surface area (Å²) in [6.07, 6.45) is 0.184. The van der Waals surface area contributed by atoms with Gasteiger partial charge in [-0.05, 0) is 36.4 Å². The maximum absolute atomic E-state index is 12.4. The van der Waals surface area contributed by atoms with Gasteiger partial charge < -0.3 is 25.8 Å². The van der Waals surface area contributed by atoms with E-state index in [4.69, 9.17) is 15.2 Å². The van der Waals surface area contributed by atoms with Crippen LogP contribution in [0, 0.1) is 0 Å². The molecular weight excluding hydrogens is 322 g/mol. The molecule has 7 nitrogen and oxygen atoms in total. The lowest BCUT2D eigenvalue weighted by Gasteiger charge is -2.14. The lowest BCUT2D eigenvalue weighted by molar-refractivity contribution is -0.116. The van der Waals surface area contributed by atoms with Crippen molar-refractivity contribution >= 4 is 23.2 Å². The molecule has 132 valence electrons. The molecule has 2 rings (SSSR count). The minimum atomic E-state index is -0.304. The van der Waals surface area contributed by atoms with E-state index in [0.29, 0.717) is 28.4 Å². The summed E-state index contributed by atoms with van der Waals surface area (Å²) >= 11 is 0. The molecule has 0 spiro atoms. The summed E-state index contributed by atoms with van der Waals surface area (Å²) in [7, 11) is 3.08. The first kappa shape index (κ1) is 18.3. The number of methoxy groups -OCH3 is 2. The zero-order valence-electron chi connectivity index (χ0n) is 14.2. The molecule has 0 saturated heterocycles. The molecule has 0 aliphatic heterocycles. The first-order chi connectivity index (χ1) is 12.1. The summed E-state index contributed by atoms with van der Waals surface area (Å²) in [4.78, 5) is 24.2. The van der Waals surface area contributed by atoms with Crippen LogP contribution in [-0.2, 0) is 4.79 Å². The van der Waals surface area contributed by atoms with Gasteiger partial charge in [0.2, 0.25) is 5.91 Å². The monoisotopic (exact) mass is 343 g/mol. The molecule has 0 saturated carbocycles. The molecule has 0 aliphatic carbocycles. The second kappa shape index (κ2) is 8.70. The third-order valence-corrected chi connectivity index (χ3v) is 3.47. The topological polar surface area (TPSA) is 103 Å². The van der Waals surface area contributed by atoms with E-state index in [-0.39, 0.29) is 24.8 Å². The van der Waals surface area contributed by atoms with Crippen LogP contribution in [0.2, 0.25) is 0 Å². The Morgan fingerprint density at radius 2 is 1.56 bits per heavy atom. The van der Waals surface area contributed by atoms with Gasteiger partial charge in [-0.25, -0.2) is 0 Å². The van der Waals surface area contributed by atoms with Gasteiger partial charge in [0.1, 0.15) is 11.5 Å². The molecular formula is C18H21N3O4. The molecule has 7 heteroatoms. The molecule has 4 N–H and O–H groups in total. The molecule has 25 heavy (non-hydrogen) atoms. The van der Waals surface area contributed by atoms with Crippen molar-refractivity contribution in [2.45, 2.75) is 6.42 Å². The fourth-order valence-corrected chi connectivity index (χ4v) is 2.14. The SMILES string of the molecule is COc1ccc(C(=O)Nc2ccc(OC)cc2NC(=O)CCN)cc1. The lowest BCUT2D eigenvalue weighted by Crippen LogP contribution is -2.19. The second-order valence-corrected chi connectivity index (χ2v) is 5.18. The van der Waals surface area contributed by atoms with Gasteiger partial charge in [0.05, 0.1) is 25.6 Å². The zero-order chi connectivity index (χ0) is 18.2. The fourth-order valence-electron chi connectivity index (χ4n) is 2.14. The number of ether oxygens (including phenoxy) is 2. The normalized spacial score (nSPS) is 10.0. The van der Waals surface area contributed by atoms with Crippen molar-refractivity contribution in [2.75, 3.05) is 31.4 Å². The van der Waals surface area contributed by atoms with Crippen molar-refractivity contribution in [3.63, 3.8) is 0 Å². The van der Waals surface area contributed by atoms with E-state index in [2.05, 4.69) is 10.6 Å². The third-order valence-electron chi connectivity index (χ3n) is 3.47. The van der Waals surface area contributed by atoms with Crippen molar-refractivity contribution in [3.8, 4) is 11.5 Å². The number of amides is 2. The standard InChI is InChI=1S/C18H21N3O4/c1-24-13-5-3-12(4-6-13)18(23)21-15-8-7-14(25-2)11-16(15)20-17(22)9-10-19/h3-8,11H,9-10,19H2,1-2H3,(H,20,22)(H,21,23). The van der Waals surface area contributed by atoms with E-state index >= 15 is 0 Å². The lowest BCUT2D eigenvalue weighted by atomic mass is 10.2. The Morgan fingerprint density at radius 1 is 0.920 bits per heavy atom. The number of carbonyl (C=O) groups excluding carboxylic acids is 2. The van der Waals surface area contributed by atoms with Gasteiger partial charge in [0.15, 0.2) is 0 Å². The van der Waals surface area contributed by atoms with Crippen molar-refractivity contribution < 1.29 is 19.1 Å². The highest BCUT2D eigenvalue weighted by molar-refractivity contribution is 6.07. The van der Waals surface area contributed by atoms with Gasteiger partial charge >= 0.3 is 0 Å². The largest absolute Gasteiger partial charge is 0.497 e. The highest BCUT2D eigenvalue weighted by atomic mass is 16.5. The van der Waals surface area contributed by atoms with Crippen LogP contribution in [0.4, 0.5) is 11.4 Å². The maximum Gasteiger partial charge on any atom is 0.255 e. The van der Waals surface area contributed by atoms with Crippen molar-refractivity contribution in [1.82, 2.24) is 0 Å². The molecule has 0 atom stereocenters. The van der Waals surface area contributed by atoms with Crippen LogP contribution in [0.1, 0.15) is 16.8 Å². The van der Waals surface area contributed by atoms with Gasteiger partial charge in [0, 0.05) is 24.6 Å². The van der Waals surface area contributed by atoms with Crippen LogP contribution in [0.5, 0.6) is 11.5 Å². The van der Waals surface area contributed by atoms with E-state index in [0.717, 1.165) is 0 Å². The molecule has 0 radical (unpaired) electrons. The van der Waals surface area contributed by atoms with Crippen molar-refractivity contribution in [3.05, 3.63) is 48.0 Å². The average Bonchev–Trinajstić information content (AvgIpc) is 2.63. The number of carbonyl (C=O) groups is 2. The summed E-state index contributed by atoms with van der Waals surface area (Å²) in [5.41, 5.74) is 6.77. The van der Waals surface area contributed by atoms with E-state index in [9.17, 15) is 9.59 Å². The van der Waals surface area contributed by atoms with Crippen LogP contribution in [0.25, 0.3) is 0 Å². The number of hydrogen-bond donors (Lipinski definition) is 3. The number of nitrogens with one attached hydrogen (secondary N) is 2. The summed E-state index contributed by atoms with van der Waals surface area (Å²) in [6, 6.07) is 11.7. The molecule has 0 heterocycles. The van der Waals surface area contributed by atoms with E-state index in [1.54, 1.807) is 49.6 Å². The predicted octanol–water partition coefficient (Wildman–Crippen LogP) is 2.24. The third kappa shape index (κ3) is 4.95. The highest BCUT2D eigenvalue weighted by Gasteiger charge is 2.12. The Labute approximate surface area is 146 Å². The van der Waals surface area contributed by atoms with Gasteiger partial charge in [0.25, 0.3) is 5.91 Å². The number of benzene rings is 2. The summed E-state index contributed by atoms with van der Waals surface area (Å²) in [5.74, 6) is 0.680. The second-order valence-electron chi connectivity index (χ2n) is 5.18. The summed E-state index contributed by atoms with van der Waals surface area (Å²) < 4.78 is 10.2. The Hall–Kier alpha value is -3.06. The predicted molar refractivity (Wildman–Crippen MR) is 96.2 cm³/mol. The van der Waals surface area contributed by atoms with Crippen LogP contribution >= 0.6 is 0 Å². The van der Waals surface area contributed by atoms with Gasteiger partial charge in [-0.3, -0.25) is 9.59 Å². The minimum absolute atomic E-state index is 0.184. The van der Waals surface area contributed by atoms with E-state index in [1.165, 1.54) is 7.11 Å². The molecule has 0 aliphatic rings. The molecule has 2 aromatic carbocycles. The number of rotatable bonds is 7. The summed E-state index contributed by atoms with van der Waals surface area (Å²) in [6.45, 7) is 0.239.